The first kappa shape index (κ1) is 27.2. The third-order valence-corrected chi connectivity index (χ3v) is 8.63. The maximum atomic E-state index is 6.32. The van der Waals surface area contributed by atoms with Gasteiger partial charge >= 0.3 is 0 Å². The van der Waals surface area contributed by atoms with E-state index in [-0.39, 0.29) is 0 Å². The van der Waals surface area contributed by atoms with Gasteiger partial charge in [-0.2, -0.15) is 0 Å². The summed E-state index contributed by atoms with van der Waals surface area (Å²) < 4.78 is 12.2. The van der Waals surface area contributed by atoms with Gasteiger partial charge in [-0.15, -0.1) is 0 Å². The molecule has 1 aromatic carbocycles. The standard InChI is InChI=1S/C32H52O2/c1-5-7-8-9-10-11-12-27-13-17-29(18-14-27)30-19-15-28(16-20-30)24-34-32-22-21-31(33-23-6-2)25(3)26(32)4/h11-12,21-22,27-30H,5-10,13-20,23-24H2,1-4H3/b12-11+. The Kier molecular flexibility index (Phi) is 11.9. The van der Waals surface area contributed by atoms with Crippen molar-refractivity contribution in [3.8, 4) is 11.5 Å². The summed E-state index contributed by atoms with van der Waals surface area (Å²) in [4.78, 5) is 0. The van der Waals surface area contributed by atoms with E-state index in [1.165, 1.54) is 94.6 Å². The van der Waals surface area contributed by atoms with Crippen molar-refractivity contribution in [3.05, 3.63) is 35.4 Å². The van der Waals surface area contributed by atoms with Crippen LogP contribution in [0.15, 0.2) is 24.3 Å². The van der Waals surface area contributed by atoms with Crippen LogP contribution in [0.4, 0.5) is 0 Å². The molecule has 0 aromatic heterocycles. The minimum absolute atomic E-state index is 0.721. The van der Waals surface area contributed by atoms with Gasteiger partial charge in [0.05, 0.1) is 13.2 Å². The SMILES string of the molecule is CCCCCC/C=C/C1CCC(C2CCC(COc3ccc(OCCC)c(C)c3C)CC2)CC1. The molecule has 2 nitrogen and oxygen atoms in total. The van der Waals surface area contributed by atoms with Crippen LogP contribution in [0.5, 0.6) is 11.5 Å². The maximum Gasteiger partial charge on any atom is 0.122 e. The third-order valence-electron chi connectivity index (χ3n) is 8.63. The van der Waals surface area contributed by atoms with Gasteiger partial charge in [0.1, 0.15) is 11.5 Å². The van der Waals surface area contributed by atoms with Gasteiger partial charge in [0, 0.05) is 0 Å². The lowest BCUT2D eigenvalue weighted by atomic mass is 9.69. The molecule has 0 bridgehead atoms. The van der Waals surface area contributed by atoms with Gasteiger partial charge in [-0.25, -0.2) is 0 Å². The Morgan fingerprint density at radius 2 is 1.35 bits per heavy atom. The van der Waals surface area contributed by atoms with E-state index in [1.807, 2.05) is 0 Å². The number of rotatable bonds is 13. The monoisotopic (exact) mass is 468 g/mol. The lowest BCUT2D eigenvalue weighted by Crippen LogP contribution is -2.27. The number of benzene rings is 1. The first-order valence-corrected chi connectivity index (χ1v) is 14.6. The van der Waals surface area contributed by atoms with Crippen LogP contribution in [0.3, 0.4) is 0 Å². The summed E-state index contributed by atoms with van der Waals surface area (Å²) >= 11 is 0. The molecule has 0 N–H and O–H groups in total. The second kappa shape index (κ2) is 14.8. The Balaban J connectivity index is 1.34. The molecule has 0 spiro atoms. The zero-order chi connectivity index (χ0) is 24.2. The Bertz CT molecular complexity index is 721. The molecule has 0 atom stereocenters. The predicted octanol–water partition coefficient (Wildman–Crippen LogP) is 9.61. The van der Waals surface area contributed by atoms with E-state index in [4.69, 9.17) is 9.47 Å². The summed E-state index contributed by atoms with van der Waals surface area (Å²) in [5.41, 5.74) is 2.45. The Hall–Kier alpha value is -1.44. The first-order valence-electron chi connectivity index (χ1n) is 14.6. The molecule has 2 heteroatoms. The Labute approximate surface area is 210 Å². The number of ether oxygens (including phenoxy) is 2. The summed E-state index contributed by atoms with van der Waals surface area (Å²) in [6.45, 7) is 10.4. The molecule has 0 saturated heterocycles. The van der Waals surface area contributed by atoms with Crippen LogP contribution in [0.1, 0.15) is 115 Å². The van der Waals surface area contributed by atoms with Crippen molar-refractivity contribution in [1.82, 2.24) is 0 Å². The Morgan fingerprint density at radius 1 is 0.735 bits per heavy atom. The summed E-state index contributed by atoms with van der Waals surface area (Å²) in [6.07, 6.45) is 24.2. The lowest BCUT2D eigenvalue weighted by molar-refractivity contribution is 0.128. The average Bonchev–Trinajstić information content (AvgIpc) is 2.87. The van der Waals surface area contributed by atoms with Crippen LogP contribution in [0.25, 0.3) is 0 Å². The van der Waals surface area contributed by atoms with Gasteiger partial charge in [-0.1, -0.05) is 45.3 Å². The van der Waals surface area contributed by atoms with Crippen molar-refractivity contribution in [2.24, 2.45) is 23.7 Å². The molecule has 192 valence electrons. The van der Waals surface area contributed by atoms with E-state index >= 15 is 0 Å². The molecule has 2 fully saturated rings. The molecular formula is C32H52O2. The van der Waals surface area contributed by atoms with Crippen molar-refractivity contribution in [2.45, 2.75) is 118 Å². The fourth-order valence-electron chi connectivity index (χ4n) is 6.12. The highest BCUT2D eigenvalue weighted by atomic mass is 16.5. The largest absolute Gasteiger partial charge is 0.493 e. The summed E-state index contributed by atoms with van der Waals surface area (Å²) in [5, 5.41) is 0. The topological polar surface area (TPSA) is 18.5 Å². The Morgan fingerprint density at radius 3 is 1.97 bits per heavy atom. The van der Waals surface area contributed by atoms with Crippen LogP contribution in [-0.2, 0) is 0 Å². The zero-order valence-electron chi connectivity index (χ0n) is 22.7. The highest BCUT2D eigenvalue weighted by Gasteiger charge is 2.30. The van der Waals surface area contributed by atoms with E-state index < -0.39 is 0 Å². The quantitative estimate of drug-likeness (QED) is 0.212. The number of hydrogen-bond donors (Lipinski definition) is 0. The zero-order valence-corrected chi connectivity index (χ0v) is 22.7. The summed E-state index contributed by atoms with van der Waals surface area (Å²) in [7, 11) is 0. The second-order valence-electron chi connectivity index (χ2n) is 11.2. The van der Waals surface area contributed by atoms with Crippen LogP contribution >= 0.6 is 0 Å². The molecule has 2 saturated carbocycles. The molecule has 1 aromatic rings. The highest BCUT2D eigenvalue weighted by molar-refractivity contribution is 5.47. The van der Waals surface area contributed by atoms with Gasteiger partial charge in [0.15, 0.2) is 0 Å². The van der Waals surface area contributed by atoms with Gasteiger partial charge in [-0.3, -0.25) is 0 Å². The van der Waals surface area contributed by atoms with Gasteiger partial charge in [0.2, 0.25) is 0 Å². The number of allylic oxidation sites excluding steroid dienone is 2. The van der Waals surface area contributed by atoms with Gasteiger partial charge in [-0.05, 0) is 131 Å². The van der Waals surface area contributed by atoms with Crippen molar-refractivity contribution in [1.29, 1.82) is 0 Å². The van der Waals surface area contributed by atoms with Crippen molar-refractivity contribution in [3.63, 3.8) is 0 Å². The summed E-state index contributed by atoms with van der Waals surface area (Å²) in [6, 6.07) is 4.19. The molecule has 34 heavy (non-hydrogen) atoms. The van der Waals surface area contributed by atoms with Crippen LogP contribution in [-0.4, -0.2) is 13.2 Å². The van der Waals surface area contributed by atoms with E-state index in [0.717, 1.165) is 54.8 Å². The molecule has 2 aliphatic rings. The van der Waals surface area contributed by atoms with Crippen molar-refractivity contribution in [2.75, 3.05) is 13.2 Å². The van der Waals surface area contributed by atoms with Crippen molar-refractivity contribution >= 4 is 0 Å². The van der Waals surface area contributed by atoms with Crippen LogP contribution in [0, 0.1) is 37.5 Å². The van der Waals surface area contributed by atoms with Crippen molar-refractivity contribution < 1.29 is 9.47 Å². The normalized spacial score (nSPS) is 25.5. The smallest absolute Gasteiger partial charge is 0.122 e. The number of hydrogen-bond acceptors (Lipinski definition) is 2. The predicted molar refractivity (Wildman–Crippen MR) is 146 cm³/mol. The van der Waals surface area contributed by atoms with Gasteiger partial charge in [0.25, 0.3) is 0 Å². The molecule has 0 unspecified atom stereocenters. The fourth-order valence-corrected chi connectivity index (χ4v) is 6.12. The summed E-state index contributed by atoms with van der Waals surface area (Å²) in [5.74, 6) is 5.58. The molecule has 0 aliphatic heterocycles. The maximum absolute atomic E-state index is 6.32. The van der Waals surface area contributed by atoms with E-state index in [1.54, 1.807) is 0 Å². The average molecular weight is 469 g/mol. The molecule has 2 aliphatic carbocycles. The molecule has 0 amide bonds. The minimum Gasteiger partial charge on any atom is -0.493 e. The van der Waals surface area contributed by atoms with Gasteiger partial charge < -0.3 is 9.47 Å². The van der Waals surface area contributed by atoms with Crippen LogP contribution in [0.2, 0.25) is 0 Å². The highest BCUT2D eigenvalue weighted by Crippen LogP contribution is 2.42. The van der Waals surface area contributed by atoms with E-state index in [2.05, 4.69) is 52.0 Å². The molecule has 0 heterocycles. The molecule has 0 radical (unpaired) electrons. The van der Waals surface area contributed by atoms with Crippen LogP contribution < -0.4 is 9.47 Å². The minimum atomic E-state index is 0.721. The molecular weight excluding hydrogens is 416 g/mol. The van der Waals surface area contributed by atoms with E-state index in [0.29, 0.717) is 0 Å². The first-order chi connectivity index (χ1) is 16.6. The number of unbranched alkanes of at least 4 members (excludes halogenated alkanes) is 4. The second-order valence-corrected chi connectivity index (χ2v) is 11.2. The fraction of sp³-hybridized carbons (Fsp3) is 0.750. The third kappa shape index (κ3) is 8.35. The van der Waals surface area contributed by atoms with E-state index in [9.17, 15) is 0 Å². The lowest BCUT2D eigenvalue weighted by Gasteiger charge is -2.37. The molecule has 3 rings (SSSR count).